The minimum absolute atomic E-state index is 0.0955. The van der Waals surface area contributed by atoms with E-state index in [0.717, 1.165) is 5.33 Å². The van der Waals surface area contributed by atoms with Crippen LogP contribution in [0.25, 0.3) is 0 Å². The van der Waals surface area contributed by atoms with E-state index in [1.165, 1.54) is 0 Å². The number of hydrogen-bond acceptors (Lipinski definition) is 2. The molecule has 0 saturated carbocycles. The van der Waals surface area contributed by atoms with Gasteiger partial charge in [-0.2, -0.15) is 0 Å². The van der Waals surface area contributed by atoms with Crippen LogP contribution in [0.15, 0.2) is 0 Å². The predicted molar refractivity (Wildman–Crippen MR) is 58.0 cm³/mol. The second kappa shape index (κ2) is 5.63. The summed E-state index contributed by atoms with van der Waals surface area (Å²) in [6.07, 6.45) is 0.503. The van der Waals surface area contributed by atoms with Gasteiger partial charge in [-0.15, -0.1) is 0 Å². The highest BCUT2D eigenvalue weighted by atomic mass is 79.9. The van der Waals surface area contributed by atoms with E-state index in [-0.39, 0.29) is 11.4 Å². The summed E-state index contributed by atoms with van der Waals surface area (Å²) in [5.41, 5.74) is 0.149. The number of rotatable bonds is 4. The number of halogens is 1. The lowest BCUT2D eigenvalue weighted by Gasteiger charge is -2.28. The zero-order valence-corrected chi connectivity index (χ0v) is 10.5. The van der Waals surface area contributed by atoms with E-state index in [9.17, 15) is 4.79 Å². The molecule has 0 radical (unpaired) electrons. The summed E-state index contributed by atoms with van der Waals surface area (Å²) < 4.78 is 4.91. The van der Waals surface area contributed by atoms with Crippen LogP contribution in [0.2, 0.25) is 0 Å². The van der Waals surface area contributed by atoms with Gasteiger partial charge in [0.2, 0.25) is 0 Å². The summed E-state index contributed by atoms with van der Waals surface area (Å²) in [6.45, 7) is 8.71. The molecule has 0 amide bonds. The van der Waals surface area contributed by atoms with Gasteiger partial charge in [-0.05, 0) is 18.3 Å². The van der Waals surface area contributed by atoms with Gasteiger partial charge in [-0.1, -0.05) is 36.7 Å². The van der Waals surface area contributed by atoms with Crippen molar-refractivity contribution in [3.63, 3.8) is 0 Å². The summed E-state index contributed by atoms with van der Waals surface area (Å²) in [5.74, 6) is 0.244. The lowest BCUT2D eigenvalue weighted by atomic mass is 9.80. The van der Waals surface area contributed by atoms with Gasteiger partial charge in [0.15, 0.2) is 0 Å². The molecule has 0 rings (SSSR count). The van der Waals surface area contributed by atoms with Crippen LogP contribution in [-0.4, -0.2) is 17.9 Å². The Balaban J connectivity index is 4.06. The van der Waals surface area contributed by atoms with Crippen LogP contribution in [0.1, 0.15) is 34.1 Å². The smallest absolute Gasteiger partial charge is 0.306 e. The van der Waals surface area contributed by atoms with Crippen molar-refractivity contribution >= 4 is 21.9 Å². The molecule has 0 aliphatic heterocycles. The fourth-order valence-corrected chi connectivity index (χ4v) is 2.21. The number of carbonyl (C=O) groups excluding carboxylic acids is 1. The Hall–Kier alpha value is -0.0500. The van der Waals surface area contributed by atoms with Gasteiger partial charge in [0.25, 0.3) is 0 Å². The topological polar surface area (TPSA) is 26.3 Å². The molecule has 2 nitrogen and oxygen atoms in total. The van der Waals surface area contributed by atoms with Crippen molar-refractivity contribution in [3.8, 4) is 0 Å². The van der Waals surface area contributed by atoms with Crippen molar-refractivity contribution < 1.29 is 9.53 Å². The largest absolute Gasteiger partial charge is 0.466 e. The van der Waals surface area contributed by atoms with E-state index < -0.39 is 0 Å². The van der Waals surface area contributed by atoms with Crippen molar-refractivity contribution in [2.24, 2.45) is 11.3 Å². The predicted octanol–water partition coefficient (Wildman–Crippen LogP) is 3.00. The van der Waals surface area contributed by atoms with Crippen LogP contribution in [-0.2, 0) is 9.53 Å². The number of carbonyl (C=O) groups is 1. The second-order valence-electron chi connectivity index (χ2n) is 4.23. The Kier molecular flexibility index (Phi) is 5.61. The molecule has 0 N–H and O–H groups in total. The molecule has 13 heavy (non-hydrogen) atoms. The van der Waals surface area contributed by atoms with Crippen LogP contribution in [0.5, 0.6) is 0 Å². The SMILES string of the molecule is CCOC(=O)CC(CBr)C(C)(C)C. The van der Waals surface area contributed by atoms with Gasteiger partial charge >= 0.3 is 5.97 Å². The Morgan fingerprint density at radius 2 is 2.00 bits per heavy atom. The summed E-state index contributed by atoms with van der Waals surface area (Å²) in [5, 5.41) is 0.843. The van der Waals surface area contributed by atoms with Gasteiger partial charge in [0.1, 0.15) is 0 Å². The molecule has 0 saturated heterocycles. The maximum absolute atomic E-state index is 11.2. The highest BCUT2D eigenvalue weighted by Gasteiger charge is 2.26. The Morgan fingerprint density at radius 3 is 2.31 bits per heavy atom. The Morgan fingerprint density at radius 1 is 1.46 bits per heavy atom. The van der Waals surface area contributed by atoms with E-state index in [1.54, 1.807) is 0 Å². The molecule has 0 aliphatic rings. The third-order valence-electron chi connectivity index (χ3n) is 2.13. The first-order valence-corrected chi connectivity index (χ1v) is 5.75. The highest BCUT2D eigenvalue weighted by Crippen LogP contribution is 2.30. The van der Waals surface area contributed by atoms with Crippen LogP contribution >= 0.6 is 15.9 Å². The van der Waals surface area contributed by atoms with E-state index in [0.29, 0.717) is 18.9 Å². The lowest BCUT2D eigenvalue weighted by molar-refractivity contribution is -0.144. The van der Waals surface area contributed by atoms with Crippen LogP contribution in [0.4, 0.5) is 0 Å². The van der Waals surface area contributed by atoms with Gasteiger partial charge in [0.05, 0.1) is 6.61 Å². The third-order valence-corrected chi connectivity index (χ3v) is 2.91. The molecule has 1 unspecified atom stereocenters. The average Bonchev–Trinajstić information content (AvgIpc) is 1.98. The van der Waals surface area contributed by atoms with Crippen molar-refractivity contribution in [2.45, 2.75) is 34.1 Å². The van der Waals surface area contributed by atoms with E-state index in [1.807, 2.05) is 6.92 Å². The second-order valence-corrected chi connectivity index (χ2v) is 4.87. The molecular weight excluding hydrogens is 232 g/mol. The molecule has 0 fully saturated rings. The minimum atomic E-state index is -0.0955. The zero-order valence-electron chi connectivity index (χ0n) is 8.89. The summed E-state index contributed by atoms with van der Waals surface area (Å²) in [6, 6.07) is 0. The monoisotopic (exact) mass is 250 g/mol. The first-order valence-electron chi connectivity index (χ1n) is 4.63. The van der Waals surface area contributed by atoms with Gasteiger partial charge in [-0.3, -0.25) is 4.79 Å². The van der Waals surface area contributed by atoms with Crippen LogP contribution in [0.3, 0.4) is 0 Å². The molecule has 0 aliphatic carbocycles. The first kappa shape index (κ1) is 12.9. The fourth-order valence-electron chi connectivity index (χ4n) is 1.01. The maximum Gasteiger partial charge on any atom is 0.306 e. The summed E-state index contributed by atoms with van der Waals surface area (Å²) >= 11 is 3.42. The van der Waals surface area contributed by atoms with Gasteiger partial charge in [-0.25, -0.2) is 0 Å². The molecule has 0 bridgehead atoms. The fraction of sp³-hybridized carbons (Fsp3) is 0.900. The van der Waals surface area contributed by atoms with E-state index in [4.69, 9.17) is 4.74 Å². The first-order chi connectivity index (χ1) is 5.91. The Bertz CT molecular complexity index is 161. The van der Waals surface area contributed by atoms with Crippen molar-refractivity contribution in [1.29, 1.82) is 0 Å². The molecule has 78 valence electrons. The average molecular weight is 251 g/mol. The van der Waals surface area contributed by atoms with Gasteiger partial charge in [0, 0.05) is 11.8 Å². The molecule has 0 aromatic rings. The zero-order chi connectivity index (χ0) is 10.5. The summed E-state index contributed by atoms with van der Waals surface area (Å²) in [4.78, 5) is 11.2. The molecular formula is C10H19BrO2. The quantitative estimate of drug-likeness (QED) is 0.567. The molecule has 0 heterocycles. The molecule has 0 spiro atoms. The summed E-state index contributed by atoms with van der Waals surface area (Å²) in [7, 11) is 0. The molecule has 1 atom stereocenters. The number of ether oxygens (including phenoxy) is 1. The molecule has 3 heteroatoms. The van der Waals surface area contributed by atoms with Crippen molar-refractivity contribution in [2.75, 3.05) is 11.9 Å². The lowest BCUT2D eigenvalue weighted by Crippen LogP contribution is -2.25. The number of esters is 1. The number of hydrogen-bond donors (Lipinski definition) is 0. The van der Waals surface area contributed by atoms with E-state index in [2.05, 4.69) is 36.7 Å². The van der Waals surface area contributed by atoms with Gasteiger partial charge < -0.3 is 4.74 Å². The normalized spacial score (nSPS) is 13.9. The minimum Gasteiger partial charge on any atom is -0.466 e. The third kappa shape index (κ3) is 5.29. The molecule has 0 aromatic carbocycles. The molecule has 0 aromatic heterocycles. The van der Waals surface area contributed by atoms with E-state index >= 15 is 0 Å². The van der Waals surface area contributed by atoms with Crippen LogP contribution in [0, 0.1) is 11.3 Å². The van der Waals surface area contributed by atoms with Crippen molar-refractivity contribution in [3.05, 3.63) is 0 Å². The Labute approximate surface area is 89.2 Å². The van der Waals surface area contributed by atoms with Crippen LogP contribution < -0.4 is 0 Å². The maximum atomic E-state index is 11.2. The number of alkyl halides is 1. The van der Waals surface area contributed by atoms with Crippen molar-refractivity contribution in [1.82, 2.24) is 0 Å². The highest BCUT2D eigenvalue weighted by molar-refractivity contribution is 9.09. The standard InChI is InChI=1S/C10H19BrO2/c1-5-13-9(12)6-8(7-11)10(2,3)4/h8H,5-7H2,1-4H3.